The Balaban J connectivity index is 0. The molecule has 0 amide bonds. The van der Waals surface area contributed by atoms with Crippen molar-refractivity contribution in [2.24, 2.45) is 16.9 Å². The van der Waals surface area contributed by atoms with E-state index >= 15 is 0 Å². The van der Waals surface area contributed by atoms with Gasteiger partial charge in [0.05, 0.1) is 6.17 Å². The third kappa shape index (κ3) is 4.37. The third-order valence-electron chi connectivity index (χ3n) is 1.00. The molecule has 4 N–H and O–H groups in total. The van der Waals surface area contributed by atoms with Crippen molar-refractivity contribution in [1.29, 1.82) is 0 Å². The van der Waals surface area contributed by atoms with Crippen LogP contribution in [0.2, 0.25) is 0 Å². The van der Waals surface area contributed by atoms with Crippen LogP contribution in [0.3, 0.4) is 0 Å². The molecule has 8 heavy (non-hydrogen) atoms. The molecule has 0 atom stereocenters. The fraction of sp³-hybridized carbons (Fsp3) is 1.00. The van der Waals surface area contributed by atoms with Gasteiger partial charge in [-0.05, 0) is 5.41 Å². The van der Waals surface area contributed by atoms with Gasteiger partial charge < -0.3 is 11.5 Å². The first kappa shape index (κ1) is 11.1. The van der Waals surface area contributed by atoms with Gasteiger partial charge in [-0.3, -0.25) is 0 Å². The van der Waals surface area contributed by atoms with Gasteiger partial charge in [0, 0.05) is 0 Å². The third-order valence-corrected chi connectivity index (χ3v) is 1.00. The van der Waals surface area contributed by atoms with Crippen molar-refractivity contribution in [1.82, 2.24) is 0 Å². The molecular weight excluding hydrogens is 124 g/mol. The average molecular weight is 139 g/mol. The molecule has 3 heteroatoms. The molecule has 0 aliphatic heterocycles. The van der Waals surface area contributed by atoms with E-state index in [1.54, 1.807) is 0 Å². The van der Waals surface area contributed by atoms with E-state index in [0.29, 0.717) is 0 Å². The second-order valence-corrected chi connectivity index (χ2v) is 2.89. The molecule has 0 fully saturated rings. The zero-order valence-electron chi connectivity index (χ0n) is 5.64. The monoisotopic (exact) mass is 138 g/mol. The molecule has 0 bridgehead atoms. The summed E-state index contributed by atoms with van der Waals surface area (Å²) in [5, 5.41) is 0. The van der Waals surface area contributed by atoms with Gasteiger partial charge in [0.15, 0.2) is 0 Å². The minimum Gasteiger partial charge on any atom is -0.316 e. The van der Waals surface area contributed by atoms with Crippen LogP contribution < -0.4 is 11.5 Å². The van der Waals surface area contributed by atoms with Crippen LogP contribution in [0, 0.1) is 5.41 Å². The zero-order valence-corrected chi connectivity index (χ0v) is 6.46. The van der Waals surface area contributed by atoms with Gasteiger partial charge in [-0.15, -0.1) is 12.4 Å². The Hall–Kier alpha value is 0.210. The first-order valence-corrected chi connectivity index (χ1v) is 2.46. The molecule has 52 valence electrons. The number of nitrogens with two attached hydrogens (primary N) is 2. The second kappa shape index (κ2) is 3.28. The van der Waals surface area contributed by atoms with Crippen molar-refractivity contribution in [3.63, 3.8) is 0 Å². The Labute approximate surface area is 57.0 Å². The molecule has 0 aliphatic rings. The van der Waals surface area contributed by atoms with E-state index in [4.69, 9.17) is 11.5 Å². The average Bonchev–Trinajstić information content (AvgIpc) is 1.31. The molecule has 0 aromatic rings. The van der Waals surface area contributed by atoms with Gasteiger partial charge in [0.2, 0.25) is 0 Å². The lowest BCUT2D eigenvalue weighted by Crippen LogP contribution is -2.42. The predicted octanol–water partition coefficient (Wildman–Crippen LogP) is 0.698. The summed E-state index contributed by atoms with van der Waals surface area (Å²) in [6.07, 6.45) is -0.201. The molecular formula is C5H15ClN2. The first-order valence-electron chi connectivity index (χ1n) is 2.46. The summed E-state index contributed by atoms with van der Waals surface area (Å²) in [6, 6.07) is 0. The van der Waals surface area contributed by atoms with E-state index in [2.05, 4.69) is 0 Å². The van der Waals surface area contributed by atoms with Crippen molar-refractivity contribution < 1.29 is 0 Å². The lowest BCUT2D eigenvalue weighted by Gasteiger charge is -2.22. The Kier molecular flexibility index (Phi) is 4.53. The van der Waals surface area contributed by atoms with Crippen molar-refractivity contribution >= 4 is 12.4 Å². The van der Waals surface area contributed by atoms with Gasteiger partial charge >= 0.3 is 0 Å². The topological polar surface area (TPSA) is 52.0 Å². The highest BCUT2D eigenvalue weighted by Crippen LogP contribution is 2.12. The molecule has 0 unspecified atom stereocenters. The standard InChI is InChI=1S/C5H14N2.ClH/c1-5(2,3)4(6)7;/h4H,6-7H2,1-3H3;1H. The van der Waals surface area contributed by atoms with E-state index in [1.165, 1.54) is 0 Å². The number of hydrogen-bond acceptors (Lipinski definition) is 2. The molecule has 0 spiro atoms. The van der Waals surface area contributed by atoms with Gasteiger partial charge in [0.25, 0.3) is 0 Å². The minimum absolute atomic E-state index is 0. The van der Waals surface area contributed by atoms with E-state index in [1.807, 2.05) is 20.8 Å². The number of rotatable bonds is 0. The molecule has 2 nitrogen and oxygen atoms in total. The van der Waals surface area contributed by atoms with Crippen LogP contribution in [-0.2, 0) is 0 Å². The highest BCUT2D eigenvalue weighted by Gasteiger charge is 2.14. The Morgan fingerprint density at radius 3 is 1.25 bits per heavy atom. The fourth-order valence-corrected chi connectivity index (χ4v) is 0. The highest BCUT2D eigenvalue weighted by atomic mass is 35.5. The van der Waals surface area contributed by atoms with Crippen molar-refractivity contribution in [2.75, 3.05) is 0 Å². The van der Waals surface area contributed by atoms with E-state index in [-0.39, 0.29) is 24.0 Å². The molecule has 0 rings (SSSR count). The van der Waals surface area contributed by atoms with E-state index in [0.717, 1.165) is 0 Å². The SMILES string of the molecule is CC(C)(C)C(N)N.Cl. The molecule has 0 saturated heterocycles. The smallest absolute Gasteiger partial charge is 0.0570 e. The minimum atomic E-state index is -0.201. The fourth-order valence-electron chi connectivity index (χ4n) is 0. The van der Waals surface area contributed by atoms with Gasteiger partial charge in [-0.1, -0.05) is 20.8 Å². The summed E-state index contributed by atoms with van der Waals surface area (Å²) < 4.78 is 0. The maximum Gasteiger partial charge on any atom is 0.0570 e. The van der Waals surface area contributed by atoms with Crippen LogP contribution in [0.25, 0.3) is 0 Å². The number of halogens is 1. The van der Waals surface area contributed by atoms with Gasteiger partial charge in [0.1, 0.15) is 0 Å². The lowest BCUT2D eigenvalue weighted by molar-refractivity contribution is 0.327. The predicted molar refractivity (Wildman–Crippen MR) is 38.9 cm³/mol. The lowest BCUT2D eigenvalue weighted by atomic mass is 9.94. The second-order valence-electron chi connectivity index (χ2n) is 2.89. The summed E-state index contributed by atoms with van der Waals surface area (Å²) in [4.78, 5) is 0. The summed E-state index contributed by atoms with van der Waals surface area (Å²) >= 11 is 0. The molecule has 0 aromatic carbocycles. The van der Waals surface area contributed by atoms with Crippen molar-refractivity contribution in [3.8, 4) is 0 Å². The van der Waals surface area contributed by atoms with E-state index in [9.17, 15) is 0 Å². The normalized spacial score (nSPS) is 11.2. The van der Waals surface area contributed by atoms with Crippen LogP contribution >= 0.6 is 12.4 Å². The molecule has 0 aromatic heterocycles. The largest absolute Gasteiger partial charge is 0.316 e. The summed E-state index contributed by atoms with van der Waals surface area (Å²) in [5.74, 6) is 0. The molecule has 0 radical (unpaired) electrons. The Morgan fingerprint density at radius 1 is 1.12 bits per heavy atom. The van der Waals surface area contributed by atoms with E-state index < -0.39 is 0 Å². The molecule has 0 heterocycles. The maximum atomic E-state index is 5.35. The maximum absolute atomic E-state index is 5.35. The van der Waals surface area contributed by atoms with Crippen LogP contribution in [0.5, 0.6) is 0 Å². The first-order chi connectivity index (χ1) is 2.94. The van der Waals surface area contributed by atoms with Crippen molar-refractivity contribution in [2.45, 2.75) is 26.9 Å². The highest BCUT2D eigenvalue weighted by molar-refractivity contribution is 5.85. The van der Waals surface area contributed by atoms with Crippen LogP contribution in [0.15, 0.2) is 0 Å². The zero-order chi connectivity index (χ0) is 6.08. The van der Waals surface area contributed by atoms with Crippen LogP contribution in [0.1, 0.15) is 20.8 Å². The van der Waals surface area contributed by atoms with Crippen LogP contribution in [-0.4, -0.2) is 6.17 Å². The quantitative estimate of drug-likeness (QED) is 0.485. The summed E-state index contributed by atoms with van der Waals surface area (Å²) in [7, 11) is 0. The molecule has 0 aliphatic carbocycles. The van der Waals surface area contributed by atoms with Crippen LogP contribution in [0.4, 0.5) is 0 Å². The van der Waals surface area contributed by atoms with Crippen molar-refractivity contribution in [3.05, 3.63) is 0 Å². The summed E-state index contributed by atoms with van der Waals surface area (Å²) in [5.41, 5.74) is 10.8. The summed E-state index contributed by atoms with van der Waals surface area (Å²) in [6.45, 7) is 6.03. The Morgan fingerprint density at radius 2 is 1.25 bits per heavy atom. The number of hydrogen-bond donors (Lipinski definition) is 2. The van der Waals surface area contributed by atoms with Gasteiger partial charge in [-0.25, -0.2) is 0 Å². The van der Waals surface area contributed by atoms with Gasteiger partial charge in [-0.2, -0.15) is 0 Å². The molecule has 0 saturated carbocycles. The Bertz CT molecular complexity index is 55.9.